The van der Waals surface area contributed by atoms with Gasteiger partial charge >= 0.3 is 6.09 Å². The van der Waals surface area contributed by atoms with Gasteiger partial charge in [-0.3, -0.25) is 4.18 Å². The number of pyridine rings is 1. The highest BCUT2D eigenvalue weighted by molar-refractivity contribution is 7.85. The zero-order chi connectivity index (χ0) is 27.0. The van der Waals surface area contributed by atoms with Crippen LogP contribution in [0.4, 0.5) is 10.6 Å². The molecule has 0 aliphatic carbocycles. The van der Waals surface area contributed by atoms with E-state index in [1.54, 1.807) is 12.0 Å². The fourth-order valence-corrected chi connectivity index (χ4v) is 5.61. The van der Waals surface area contributed by atoms with Crippen LogP contribution in [-0.4, -0.2) is 68.1 Å². The van der Waals surface area contributed by atoms with Crippen molar-refractivity contribution in [3.8, 4) is 5.75 Å². The number of aromatic nitrogens is 1. The summed E-state index contributed by atoms with van der Waals surface area (Å²) >= 11 is 0. The molecule has 37 heavy (non-hydrogen) atoms. The Hall–Kier alpha value is -2.85. The molecule has 2 atom stereocenters. The van der Waals surface area contributed by atoms with E-state index in [0.29, 0.717) is 19.5 Å². The number of hydrogen-bond acceptors (Lipinski definition) is 8. The molecule has 9 nitrogen and oxygen atoms in total. The van der Waals surface area contributed by atoms with Crippen LogP contribution in [0.15, 0.2) is 36.4 Å². The number of methoxy groups -OCH3 is 1. The highest BCUT2D eigenvalue weighted by atomic mass is 32.2. The van der Waals surface area contributed by atoms with Crippen LogP contribution in [0.5, 0.6) is 5.75 Å². The van der Waals surface area contributed by atoms with Gasteiger partial charge in [0, 0.05) is 18.8 Å². The molecule has 0 N–H and O–H groups in total. The molecule has 2 aliphatic rings. The lowest BCUT2D eigenvalue weighted by molar-refractivity contribution is 0.0181. The van der Waals surface area contributed by atoms with E-state index in [1.807, 2.05) is 58.0 Å². The lowest BCUT2D eigenvalue weighted by Gasteiger charge is -2.46. The normalized spacial score (nSPS) is 21.7. The van der Waals surface area contributed by atoms with Crippen LogP contribution in [0.2, 0.25) is 0 Å². The zero-order valence-electron chi connectivity index (χ0n) is 22.5. The van der Waals surface area contributed by atoms with Crippen molar-refractivity contribution in [1.82, 2.24) is 9.88 Å². The van der Waals surface area contributed by atoms with Gasteiger partial charge < -0.3 is 19.3 Å². The standard InChI is InChI=1S/C27H37N3O6S/c1-19-7-10-21-13-14-27(30(24(21)28-19)16-20-8-11-23(34-5)12-9-20)15-22(17-35-37(6,32)33)29(18-27)25(31)36-26(2,3)4/h7-12,22H,13-18H2,1-6H3/t22-,27+/m1/s1. The maximum Gasteiger partial charge on any atom is 0.410 e. The third kappa shape index (κ3) is 6.35. The minimum absolute atomic E-state index is 0.121. The number of likely N-dealkylation sites (tertiary alicyclic amines) is 1. The van der Waals surface area contributed by atoms with E-state index in [1.165, 1.54) is 0 Å². The number of anilines is 1. The molecule has 4 rings (SSSR count). The minimum atomic E-state index is -3.68. The highest BCUT2D eigenvalue weighted by Gasteiger charge is 2.52. The molecule has 3 heterocycles. The Morgan fingerprint density at radius 1 is 1.16 bits per heavy atom. The van der Waals surface area contributed by atoms with E-state index in [2.05, 4.69) is 11.0 Å². The van der Waals surface area contributed by atoms with Crippen molar-refractivity contribution in [3.05, 3.63) is 53.2 Å². The van der Waals surface area contributed by atoms with Gasteiger partial charge in [0.1, 0.15) is 17.2 Å². The number of fused-ring (bicyclic) bond motifs is 1. The Morgan fingerprint density at radius 2 is 1.86 bits per heavy atom. The van der Waals surface area contributed by atoms with Crippen LogP contribution < -0.4 is 9.64 Å². The summed E-state index contributed by atoms with van der Waals surface area (Å²) in [6, 6.07) is 11.6. The lowest BCUT2D eigenvalue weighted by Crippen LogP contribution is -2.54. The first-order chi connectivity index (χ1) is 17.3. The van der Waals surface area contributed by atoms with E-state index in [4.69, 9.17) is 18.6 Å². The summed E-state index contributed by atoms with van der Waals surface area (Å²) in [5.74, 6) is 1.68. The van der Waals surface area contributed by atoms with Crippen molar-refractivity contribution in [1.29, 1.82) is 0 Å². The Balaban J connectivity index is 1.73. The number of hydrogen-bond donors (Lipinski definition) is 0. The molecule has 2 aromatic rings. The van der Waals surface area contributed by atoms with Crippen molar-refractivity contribution >= 4 is 22.0 Å². The summed E-state index contributed by atoms with van der Waals surface area (Å²) in [5, 5.41) is 0. The molecule has 2 aliphatic heterocycles. The Labute approximate surface area is 219 Å². The number of aryl methyl sites for hydroxylation is 2. The van der Waals surface area contributed by atoms with Gasteiger partial charge in [0.2, 0.25) is 0 Å². The molecule has 1 amide bonds. The SMILES string of the molecule is COc1ccc(CN2c3nc(C)ccc3CC[C@@]23C[C@H](COS(C)(=O)=O)N(C(=O)OC(C)(C)C)C3)cc1. The summed E-state index contributed by atoms with van der Waals surface area (Å²) in [5.41, 5.74) is 2.00. The maximum atomic E-state index is 13.3. The van der Waals surface area contributed by atoms with Crippen molar-refractivity contribution in [2.45, 2.75) is 70.7 Å². The van der Waals surface area contributed by atoms with Crippen LogP contribution in [-0.2, 0) is 32.0 Å². The van der Waals surface area contributed by atoms with E-state index < -0.39 is 33.4 Å². The molecule has 1 saturated heterocycles. The fourth-order valence-electron chi connectivity index (χ4n) is 5.21. The summed E-state index contributed by atoms with van der Waals surface area (Å²) in [6.45, 7) is 8.26. The van der Waals surface area contributed by atoms with Crippen molar-refractivity contribution in [3.63, 3.8) is 0 Å². The first kappa shape index (κ1) is 27.2. The predicted molar refractivity (Wildman–Crippen MR) is 141 cm³/mol. The third-order valence-electron chi connectivity index (χ3n) is 6.91. The summed E-state index contributed by atoms with van der Waals surface area (Å²) in [4.78, 5) is 22.2. The molecule has 0 radical (unpaired) electrons. The average Bonchev–Trinajstić information content (AvgIpc) is 3.18. The number of nitrogens with zero attached hydrogens (tertiary/aromatic N) is 3. The number of carbonyl (C=O) groups excluding carboxylic acids is 1. The maximum absolute atomic E-state index is 13.3. The fraction of sp³-hybridized carbons (Fsp3) is 0.556. The number of benzene rings is 1. The smallest absolute Gasteiger partial charge is 0.410 e. The van der Waals surface area contributed by atoms with Gasteiger partial charge in [-0.2, -0.15) is 8.42 Å². The molecule has 1 aromatic heterocycles. The van der Waals surface area contributed by atoms with Crippen LogP contribution in [0.1, 0.15) is 50.4 Å². The summed E-state index contributed by atoms with van der Waals surface area (Å²) in [6.07, 6.45) is 2.68. The predicted octanol–water partition coefficient (Wildman–Crippen LogP) is 4.08. The molecular formula is C27H37N3O6S. The highest BCUT2D eigenvalue weighted by Crippen LogP contribution is 2.45. The van der Waals surface area contributed by atoms with Crippen molar-refractivity contribution in [2.24, 2.45) is 0 Å². The Kier molecular flexibility index (Phi) is 7.45. The van der Waals surface area contributed by atoms with Gasteiger partial charge in [0.25, 0.3) is 10.1 Å². The third-order valence-corrected chi connectivity index (χ3v) is 7.47. The van der Waals surface area contributed by atoms with E-state index in [0.717, 1.165) is 47.5 Å². The van der Waals surface area contributed by atoms with Gasteiger partial charge in [-0.05, 0) is 76.3 Å². The molecular weight excluding hydrogens is 494 g/mol. The number of amides is 1. The quantitative estimate of drug-likeness (QED) is 0.515. The van der Waals surface area contributed by atoms with Crippen LogP contribution in [0.25, 0.3) is 0 Å². The lowest BCUT2D eigenvalue weighted by atomic mass is 9.82. The minimum Gasteiger partial charge on any atom is -0.497 e. The van der Waals surface area contributed by atoms with Crippen molar-refractivity contribution < 1.29 is 26.9 Å². The van der Waals surface area contributed by atoms with Crippen LogP contribution >= 0.6 is 0 Å². The molecule has 1 fully saturated rings. The second-order valence-electron chi connectivity index (χ2n) is 11.0. The van der Waals surface area contributed by atoms with Gasteiger partial charge in [0.15, 0.2) is 0 Å². The monoisotopic (exact) mass is 531 g/mol. The molecule has 1 spiro atoms. The van der Waals surface area contributed by atoms with E-state index >= 15 is 0 Å². The zero-order valence-corrected chi connectivity index (χ0v) is 23.3. The van der Waals surface area contributed by atoms with Crippen LogP contribution in [0.3, 0.4) is 0 Å². The number of carbonyl (C=O) groups is 1. The Morgan fingerprint density at radius 3 is 2.49 bits per heavy atom. The summed E-state index contributed by atoms with van der Waals surface area (Å²) in [7, 11) is -2.04. The summed E-state index contributed by atoms with van der Waals surface area (Å²) < 4.78 is 39.9. The molecule has 202 valence electrons. The largest absolute Gasteiger partial charge is 0.497 e. The molecule has 10 heteroatoms. The number of ether oxygens (including phenoxy) is 2. The average molecular weight is 532 g/mol. The first-order valence-electron chi connectivity index (χ1n) is 12.5. The van der Waals surface area contributed by atoms with Gasteiger partial charge in [-0.15, -0.1) is 0 Å². The second-order valence-corrected chi connectivity index (χ2v) is 12.7. The van der Waals surface area contributed by atoms with Gasteiger partial charge in [-0.25, -0.2) is 9.78 Å². The van der Waals surface area contributed by atoms with Crippen molar-refractivity contribution in [2.75, 3.05) is 31.4 Å². The second kappa shape index (κ2) is 10.1. The van der Waals surface area contributed by atoms with E-state index in [-0.39, 0.29) is 6.61 Å². The topological polar surface area (TPSA) is 98.3 Å². The molecule has 0 saturated carbocycles. The number of rotatable bonds is 6. The van der Waals surface area contributed by atoms with Crippen LogP contribution in [0, 0.1) is 6.92 Å². The van der Waals surface area contributed by atoms with Gasteiger partial charge in [0.05, 0.1) is 31.6 Å². The van der Waals surface area contributed by atoms with Gasteiger partial charge in [-0.1, -0.05) is 18.2 Å². The molecule has 1 aromatic carbocycles. The molecule has 0 unspecified atom stereocenters. The first-order valence-corrected chi connectivity index (χ1v) is 14.3. The Bertz CT molecular complexity index is 1240. The molecule has 0 bridgehead atoms. The van der Waals surface area contributed by atoms with E-state index in [9.17, 15) is 13.2 Å².